The zero-order valence-corrected chi connectivity index (χ0v) is 14.5. The molecular formula is C19H31NO2. The van der Waals surface area contributed by atoms with Crippen molar-refractivity contribution in [3.8, 4) is 5.75 Å². The SMILES string of the molecule is CCCC[C@@H](CC)CNC(=O)[C@H](C)Oc1ccccc1CC. The fourth-order valence-electron chi connectivity index (χ4n) is 2.49. The summed E-state index contributed by atoms with van der Waals surface area (Å²) >= 11 is 0. The van der Waals surface area contributed by atoms with Gasteiger partial charge in [-0.05, 0) is 37.3 Å². The number of aryl methyl sites for hydroxylation is 1. The van der Waals surface area contributed by atoms with Crippen molar-refractivity contribution in [2.24, 2.45) is 5.92 Å². The minimum atomic E-state index is -0.462. The Morgan fingerprint density at radius 1 is 1.23 bits per heavy atom. The summed E-state index contributed by atoms with van der Waals surface area (Å²) in [6.07, 6.45) is 5.16. The summed E-state index contributed by atoms with van der Waals surface area (Å²) in [7, 11) is 0. The third-order valence-corrected chi connectivity index (χ3v) is 4.13. The van der Waals surface area contributed by atoms with Crippen LogP contribution in [0, 0.1) is 5.92 Å². The first kappa shape index (κ1) is 18.5. The topological polar surface area (TPSA) is 38.3 Å². The quantitative estimate of drug-likeness (QED) is 0.698. The molecule has 0 unspecified atom stereocenters. The van der Waals surface area contributed by atoms with Crippen LogP contribution in [-0.4, -0.2) is 18.6 Å². The normalized spacial score (nSPS) is 13.5. The molecule has 1 aromatic carbocycles. The molecule has 0 heterocycles. The Hall–Kier alpha value is -1.51. The molecule has 0 fully saturated rings. The Balaban J connectivity index is 2.47. The summed E-state index contributed by atoms with van der Waals surface area (Å²) in [5, 5.41) is 3.04. The number of benzene rings is 1. The summed E-state index contributed by atoms with van der Waals surface area (Å²) in [5.41, 5.74) is 1.14. The van der Waals surface area contributed by atoms with Crippen molar-refractivity contribution in [1.29, 1.82) is 0 Å². The minimum Gasteiger partial charge on any atom is -0.481 e. The van der Waals surface area contributed by atoms with Gasteiger partial charge >= 0.3 is 0 Å². The van der Waals surface area contributed by atoms with Crippen LogP contribution in [0.2, 0.25) is 0 Å². The summed E-state index contributed by atoms with van der Waals surface area (Å²) < 4.78 is 5.83. The molecule has 1 amide bonds. The number of carbonyl (C=O) groups excluding carboxylic acids is 1. The van der Waals surface area contributed by atoms with Gasteiger partial charge in [0.25, 0.3) is 5.91 Å². The highest BCUT2D eigenvalue weighted by Crippen LogP contribution is 2.19. The van der Waals surface area contributed by atoms with Crippen LogP contribution in [0.25, 0.3) is 0 Å². The third-order valence-electron chi connectivity index (χ3n) is 4.13. The Labute approximate surface area is 135 Å². The van der Waals surface area contributed by atoms with Gasteiger partial charge in [0.05, 0.1) is 0 Å². The second-order valence-corrected chi connectivity index (χ2v) is 5.88. The molecule has 1 N–H and O–H groups in total. The second-order valence-electron chi connectivity index (χ2n) is 5.88. The molecule has 124 valence electrons. The van der Waals surface area contributed by atoms with Crippen molar-refractivity contribution in [2.75, 3.05) is 6.54 Å². The molecule has 0 radical (unpaired) electrons. The molecule has 0 saturated heterocycles. The predicted octanol–water partition coefficient (Wildman–Crippen LogP) is 4.35. The van der Waals surface area contributed by atoms with Crippen LogP contribution < -0.4 is 10.1 Å². The molecule has 0 aromatic heterocycles. The molecule has 0 aliphatic rings. The van der Waals surface area contributed by atoms with Gasteiger partial charge in [-0.2, -0.15) is 0 Å². The first-order valence-electron chi connectivity index (χ1n) is 8.64. The summed E-state index contributed by atoms with van der Waals surface area (Å²) in [6, 6.07) is 7.91. The maximum atomic E-state index is 12.2. The zero-order valence-electron chi connectivity index (χ0n) is 14.5. The van der Waals surface area contributed by atoms with E-state index in [0.717, 1.165) is 30.7 Å². The van der Waals surface area contributed by atoms with Crippen molar-refractivity contribution < 1.29 is 9.53 Å². The lowest BCUT2D eigenvalue weighted by Crippen LogP contribution is -2.39. The molecule has 22 heavy (non-hydrogen) atoms. The van der Waals surface area contributed by atoms with Crippen LogP contribution in [0.15, 0.2) is 24.3 Å². The first-order valence-corrected chi connectivity index (χ1v) is 8.64. The summed E-state index contributed by atoms with van der Waals surface area (Å²) in [4.78, 5) is 12.2. The van der Waals surface area contributed by atoms with Crippen LogP contribution in [-0.2, 0) is 11.2 Å². The van der Waals surface area contributed by atoms with Gasteiger partial charge in [0, 0.05) is 6.54 Å². The lowest BCUT2D eigenvalue weighted by molar-refractivity contribution is -0.127. The van der Waals surface area contributed by atoms with E-state index in [2.05, 4.69) is 26.1 Å². The van der Waals surface area contributed by atoms with Gasteiger partial charge in [-0.1, -0.05) is 58.2 Å². The number of para-hydroxylation sites is 1. The van der Waals surface area contributed by atoms with Gasteiger partial charge in [0.1, 0.15) is 5.75 Å². The minimum absolute atomic E-state index is 0.0270. The lowest BCUT2D eigenvalue weighted by Gasteiger charge is -2.19. The number of rotatable bonds is 10. The van der Waals surface area contributed by atoms with E-state index in [1.165, 1.54) is 19.3 Å². The van der Waals surface area contributed by atoms with E-state index in [0.29, 0.717) is 5.92 Å². The molecule has 1 rings (SSSR count). The molecule has 0 bridgehead atoms. The average molecular weight is 305 g/mol. The van der Waals surface area contributed by atoms with Crippen molar-refractivity contribution in [1.82, 2.24) is 5.32 Å². The van der Waals surface area contributed by atoms with E-state index < -0.39 is 6.10 Å². The number of hydrogen-bond acceptors (Lipinski definition) is 2. The third kappa shape index (κ3) is 6.08. The fourth-order valence-corrected chi connectivity index (χ4v) is 2.49. The highest BCUT2D eigenvalue weighted by Gasteiger charge is 2.17. The van der Waals surface area contributed by atoms with Gasteiger partial charge < -0.3 is 10.1 Å². The molecule has 0 spiro atoms. The van der Waals surface area contributed by atoms with Crippen LogP contribution in [0.1, 0.15) is 58.9 Å². The fraction of sp³-hybridized carbons (Fsp3) is 0.632. The summed E-state index contributed by atoms with van der Waals surface area (Å²) in [5.74, 6) is 1.35. The van der Waals surface area contributed by atoms with Gasteiger partial charge in [-0.3, -0.25) is 4.79 Å². The van der Waals surface area contributed by atoms with Crippen molar-refractivity contribution >= 4 is 5.91 Å². The van der Waals surface area contributed by atoms with Crippen LogP contribution in [0.4, 0.5) is 0 Å². The van der Waals surface area contributed by atoms with E-state index in [1.54, 1.807) is 0 Å². The Morgan fingerprint density at radius 2 is 1.95 bits per heavy atom. The lowest BCUT2D eigenvalue weighted by atomic mass is 9.99. The number of nitrogens with one attached hydrogen (secondary N) is 1. The molecule has 0 saturated carbocycles. The number of hydrogen-bond donors (Lipinski definition) is 1. The maximum Gasteiger partial charge on any atom is 0.260 e. The molecule has 0 aliphatic heterocycles. The number of ether oxygens (including phenoxy) is 1. The highest BCUT2D eigenvalue weighted by molar-refractivity contribution is 5.80. The predicted molar refractivity (Wildman–Crippen MR) is 92.2 cm³/mol. The monoisotopic (exact) mass is 305 g/mol. The molecule has 0 aliphatic carbocycles. The standard InChI is InChI=1S/C19H31NO2/c1-5-8-11-16(6-2)14-20-19(21)15(4)22-18-13-10-9-12-17(18)7-3/h9-10,12-13,15-16H,5-8,11,14H2,1-4H3,(H,20,21)/t15-,16+/m0/s1. The molecule has 3 nitrogen and oxygen atoms in total. The number of unbranched alkanes of at least 4 members (excludes halogenated alkanes) is 1. The van der Waals surface area contributed by atoms with Crippen molar-refractivity contribution in [3.63, 3.8) is 0 Å². The molecule has 2 atom stereocenters. The summed E-state index contributed by atoms with van der Waals surface area (Å²) in [6.45, 7) is 9.04. The zero-order chi connectivity index (χ0) is 16.4. The number of amides is 1. The first-order chi connectivity index (χ1) is 10.6. The molecular weight excluding hydrogens is 274 g/mol. The van der Waals surface area contributed by atoms with Gasteiger partial charge in [-0.25, -0.2) is 0 Å². The van der Waals surface area contributed by atoms with Gasteiger partial charge in [-0.15, -0.1) is 0 Å². The van der Waals surface area contributed by atoms with Crippen LogP contribution in [0.3, 0.4) is 0 Å². The van der Waals surface area contributed by atoms with E-state index in [4.69, 9.17) is 4.74 Å². The Bertz CT molecular complexity index is 445. The van der Waals surface area contributed by atoms with Crippen LogP contribution >= 0.6 is 0 Å². The maximum absolute atomic E-state index is 12.2. The number of carbonyl (C=O) groups is 1. The van der Waals surface area contributed by atoms with Crippen molar-refractivity contribution in [2.45, 2.75) is 65.9 Å². The van der Waals surface area contributed by atoms with E-state index in [-0.39, 0.29) is 5.91 Å². The van der Waals surface area contributed by atoms with E-state index >= 15 is 0 Å². The van der Waals surface area contributed by atoms with Gasteiger partial charge in [0.15, 0.2) is 6.10 Å². The van der Waals surface area contributed by atoms with Gasteiger partial charge in [0.2, 0.25) is 0 Å². The molecule has 1 aromatic rings. The smallest absolute Gasteiger partial charge is 0.260 e. The largest absolute Gasteiger partial charge is 0.481 e. The van der Waals surface area contributed by atoms with Crippen molar-refractivity contribution in [3.05, 3.63) is 29.8 Å². The van der Waals surface area contributed by atoms with Crippen LogP contribution in [0.5, 0.6) is 5.75 Å². The van der Waals surface area contributed by atoms with E-state index in [1.807, 2.05) is 31.2 Å². The Morgan fingerprint density at radius 3 is 2.59 bits per heavy atom. The second kappa shape index (κ2) is 10.3. The Kier molecular flexibility index (Phi) is 8.64. The highest BCUT2D eigenvalue weighted by atomic mass is 16.5. The van der Waals surface area contributed by atoms with E-state index in [9.17, 15) is 4.79 Å². The average Bonchev–Trinajstić information content (AvgIpc) is 2.55. The molecule has 3 heteroatoms.